The Morgan fingerprint density at radius 1 is 1.09 bits per heavy atom. The molecule has 0 rings (SSSR count). The normalized spacial score (nSPS) is 12.3. The number of hydrogen-bond donors (Lipinski definition) is 1. The van der Waals surface area contributed by atoms with Crippen LogP contribution in [0.3, 0.4) is 0 Å². The first-order chi connectivity index (χ1) is 10.7. The Morgan fingerprint density at radius 3 is 2.13 bits per heavy atom. The van der Waals surface area contributed by atoms with Gasteiger partial charge in [-0.1, -0.05) is 0 Å². The van der Waals surface area contributed by atoms with Crippen molar-refractivity contribution in [3.63, 3.8) is 0 Å². The zero-order chi connectivity index (χ0) is 17.9. The number of rotatable bonds is 10. The molecular formula is C14H23NO7S. The Morgan fingerprint density at radius 2 is 1.65 bits per heavy atom. The van der Waals surface area contributed by atoms with Gasteiger partial charge in [-0.3, -0.25) is 4.55 Å². The van der Waals surface area contributed by atoms with Crippen molar-refractivity contribution in [1.82, 2.24) is 4.90 Å². The number of esters is 2. The summed E-state index contributed by atoms with van der Waals surface area (Å²) in [4.78, 5) is 25.5. The fourth-order valence-electron chi connectivity index (χ4n) is 1.44. The molecule has 0 aromatic rings. The van der Waals surface area contributed by atoms with Crippen LogP contribution in [0, 0.1) is 0 Å². The molecule has 0 amide bonds. The second kappa shape index (κ2) is 10.8. The Kier molecular flexibility index (Phi) is 9.91. The van der Waals surface area contributed by atoms with Gasteiger partial charge in [-0.2, -0.15) is 8.42 Å². The first kappa shape index (κ1) is 21.1. The third-order valence-electron chi connectivity index (χ3n) is 2.66. The molecule has 0 bridgehead atoms. The average Bonchev–Trinajstić information content (AvgIpc) is 2.46. The van der Waals surface area contributed by atoms with Gasteiger partial charge in [0.1, 0.15) is 17.9 Å². The van der Waals surface area contributed by atoms with Crippen molar-refractivity contribution in [3.8, 4) is 0 Å². The molecule has 0 aliphatic heterocycles. The quantitative estimate of drug-likeness (QED) is 0.154. The SMILES string of the molecule is CCOC(=O)/C(=C\C=C\N(CC)CC)C(=O)OCCS(=O)(=O)O. The molecule has 132 valence electrons. The van der Waals surface area contributed by atoms with Gasteiger partial charge < -0.3 is 14.4 Å². The van der Waals surface area contributed by atoms with Crippen LogP contribution in [0.25, 0.3) is 0 Å². The lowest BCUT2D eigenvalue weighted by atomic mass is 10.2. The lowest BCUT2D eigenvalue weighted by molar-refractivity contribution is -0.146. The van der Waals surface area contributed by atoms with Gasteiger partial charge in [0.15, 0.2) is 0 Å². The number of hydrogen-bond acceptors (Lipinski definition) is 7. The minimum absolute atomic E-state index is 0.0776. The molecule has 1 N–H and O–H groups in total. The molecule has 8 nitrogen and oxygen atoms in total. The number of nitrogens with zero attached hydrogens (tertiary/aromatic N) is 1. The number of ether oxygens (including phenoxy) is 2. The maximum atomic E-state index is 11.8. The summed E-state index contributed by atoms with van der Waals surface area (Å²) in [5, 5.41) is 0. The molecule has 0 fully saturated rings. The second-order valence-electron chi connectivity index (χ2n) is 4.29. The summed E-state index contributed by atoms with van der Waals surface area (Å²) in [7, 11) is -4.24. The van der Waals surface area contributed by atoms with E-state index >= 15 is 0 Å². The summed E-state index contributed by atoms with van der Waals surface area (Å²) in [6.07, 6.45) is 4.44. The third-order valence-corrected chi connectivity index (χ3v) is 3.34. The molecule has 0 aromatic carbocycles. The van der Waals surface area contributed by atoms with Gasteiger partial charge >= 0.3 is 11.9 Å². The fourth-order valence-corrected chi connectivity index (χ4v) is 1.74. The van der Waals surface area contributed by atoms with Crippen LogP contribution < -0.4 is 0 Å². The van der Waals surface area contributed by atoms with Crippen molar-refractivity contribution < 1.29 is 32.0 Å². The highest BCUT2D eigenvalue weighted by Gasteiger charge is 2.21. The molecule has 23 heavy (non-hydrogen) atoms. The minimum atomic E-state index is -4.24. The minimum Gasteiger partial charge on any atom is -0.462 e. The molecule has 0 aromatic heterocycles. The molecule has 0 radical (unpaired) electrons. The highest BCUT2D eigenvalue weighted by Crippen LogP contribution is 2.04. The van der Waals surface area contributed by atoms with E-state index in [1.807, 2.05) is 18.7 Å². The van der Waals surface area contributed by atoms with E-state index in [1.165, 1.54) is 12.2 Å². The van der Waals surface area contributed by atoms with Crippen LogP contribution in [-0.2, 0) is 29.2 Å². The highest BCUT2D eigenvalue weighted by molar-refractivity contribution is 7.85. The van der Waals surface area contributed by atoms with Crippen LogP contribution in [0.4, 0.5) is 0 Å². The van der Waals surface area contributed by atoms with E-state index in [1.54, 1.807) is 13.1 Å². The van der Waals surface area contributed by atoms with E-state index in [4.69, 9.17) is 9.29 Å². The molecule has 0 heterocycles. The summed E-state index contributed by atoms with van der Waals surface area (Å²) >= 11 is 0. The Hall–Kier alpha value is -1.87. The lowest BCUT2D eigenvalue weighted by Gasteiger charge is -2.14. The largest absolute Gasteiger partial charge is 0.462 e. The number of allylic oxidation sites excluding steroid dienone is 2. The van der Waals surface area contributed by atoms with Crippen molar-refractivity contribution in [2.45, 2.75) is 20.8 Å². The van der Waals surface area contributed by atoms with E-state index in [-0.39, 0.29) is 12.2 Å². The van der Waals surface area contributed by atoms with Crippen LogP contribution in [0.1, 0.15) is 20.8 Å². The number of carbonyl (C=O) groups excluding carboxylic acids is 2. The van der Waals surface area contributed by atoms with E-state index < -0.39 is 34.4 Å². The van der Waals surface area contributed by atoms with Crippen molar-refractivity contribution >= 4 is 22.1 Å². The van der Waals surface area contributed by atoms with Gasteiger partial charge in [-0.15, -0.1) is 0 Å². The van der Waals surface area contributed by atoms with Crippen molar-refractivity contribution in [2.75, 3.05) is 32.1 Å². The summed E-state index contributed by atoms with van der Waals surface area (Å²) < 4.78 is 39.1. The Balaban J connectivity index is 4.99. The van der Waals surface area contributed by atoms with Crippen molar-refractivity contribution in [2.24, 2.45) is 0 Å². The fraction of sp³-hybridized carbons (Fsp3) is 0.571. The lowest BCUT2D eigenvalue weighted by Crippen LogP contribution is -2.21. The van der Waals surface area contributed by atoms with Crippen LogP contribution in [0.5, 0.6) is 0 Å². The van der Waals surface area contributed by atoms with Gasteiger partial charge in [0.2, 0.25) is 0 Å². The number of carbonyl (C=O) groups is 2. The molecule has 0 aliphatic rings. The van der Waals surface area contributed by atoms with E-state index in [0.717, 1.165) is 13.1 Å². The molecule has 0 unspecified atom stereocenters. The topological polar surface area (TPSA) is 110 Å². The molecule has 0 aliphatic carbocycles. The first-order valence-corrected chi connectivity index (χ1v) is 8.77. The van der Waals surface area contributed by atoms with Gasteiger partial charge in [0.05, 0.1) is 6.61 Å². The Labute approximate surface area is 136 Å². The van der Waals surface area contributed by atoms with Crippen LogP contribution in [0.2, 0.25) is 0 Å². The first-order valence-electron chi connectivity index (χ1n) is 7.17. The molecule has 0 atom stereocenters. The molecule has 0 saturated carbocycles. The maximum absolute atomic E-state index is 11.8. The third kappa shape index (κ3) is 9.69. The van der Waals surface area contributed by atoms with E-state index in [0.29, 0.717) is 0 Å². The van der Waals surface area contributed by atoms with E-state index in [2.05, 4.69) is 4.74 Å². The summed E-state index contributed by atoms with van der Waals surface area (Å²) in [6, 6.07) is 0. The zero-order valence-corrected chi connectivity index (χ0v) is 14.3. The average molecular weight is 349 g/mol. The molecule has 0 spiro atoms. The van der Waals surface area contributed by atoms with Gasteiger partial charge in [0.25, 0.3) is 10.1 Å². The standard InChI is InChI=1S/C14H23NO7S/c1-4-15(5-2)9-7-8-12(13(16)21-6-3)14(17)22-10-11-23(18,19)20/h7-9H,4-6,10-11H2,1-3H3,(H,18,19,20)/b9-7+,12-8+. The van der Waals surface area contributed by atoms with Crippen molar-refractivity contribution in [1.29, 1.82) is 0 Å². The van der Waals surface area contributed by atoms with Gasteiger partial charge in [0, 0.05) is 13.1 Å². The smallest absolute Gasteiger partial charge is 0.345 e. The van der Waals surface area contributed by atoms with Crippen LogP contribution in [0.15, 0.2) is 23.9 Å². The maximum Gasteiger partial charge on any atom is 0.345 e. The monoisotopic (exact) mass is 349 g/mol. The summed E-state index contributed by atoms with van der Waals surface area (Å²) in [5.41, 5.74) is -0.356. The second-order valence-corrected chi connectivity index (χ2v) is 5.86. The highest BCUT2D eigenvalue weighted by atomic mass is 32.2. The van der Waals surface area contributed by atoms with E-state index in [9.17, 15) is 18.0 Å². The zero-order valence-electron chi connectivity index (χ0n) is 13.5. The molecule has 0 saturated heterocycles. The summed E-state index contributed by atoms with van der Waals surface area (Å²) in [5.74, 6) is -2.63. The van der Waals surface area contributed by atoms with Gasteiger partial charge in [-0.25, -0.2) is 9.59 Å². The van der Waals surface area contributed by atoms with Gasteiger partial charge in [-0.05, 0) is 39.1 Å². The predicted molar refractivity (Wildman–Crippen MR) is 84.2 cm³/mol. The summed E-state index contributed by atoms with van der Waals surface area (Å²) in [6.45, 7) is 6.52. The Bertz CT molecular complexity index is 547. The predicted octanol–water partition coefficient (Wildman–Crippen LogP) is 0.762. The molecule has 9 heteroatoms. The van der Waals surface area contributed by atoms with Crippen LogP contribution in [-0.4, -0.2) is 61.9 Å². The van der Waals surface area contributed by atoms with Crippen molar-refractivity contribution in [3.05, 3.63) is 23.9 Å². The van der Waals surface area contributed by atoms with Crippen LogP contribution >= 0.6 is 0 Å². The molecular weight excluding hydrogens is 326 g/mol.